The van der Waals surface area contributed by atoms with E-state index in [2.05, 4.69) is 15.6 Å². The number of aliphatic imine (C=N–C) groups is 1. The first kappa shape index (κ1) is 24.1. The number of nitrogens with one attached hydrogen (secondary N) is 2. The Labute approximate surface area is 188 Å². The van der Waals surface area contributed by atoms with E-state index in [1.807, 2.05) is 4.90 Å². The molecule has 1 aromatic carbocycles. The van der Waals surface area contributed by atoms with Crippen LogP contribution in [0.25, 0.3) is 0 Å². The van der Waals surface area contributed by atoms with Gasteiger partial charge in [0.2, 0.25) is 0 Å². The van der Waals surface area contributed by atoms with E-state index in [9.17, 15) is 8.78 Å². The summed E-state index contributed by atoms with van der Waals surface area (Å²) in [6.45, 7) is 5.28. The largest absolute Gasteiger partial charge is 0.381 e. The number of halogens is 3. The number of hydrogen-bond acceptors (Lipinski definition) is 4. The van der Waals surface area contributed by atoms with Gasteiger partial charge in [-0.15, -0.1) is 24.0 Å². The van der Waals surface area contributed by atoms with Crippen LogP contribution in [0.2, 0.25) is 0 Å². The van der Waals surface area contributed by atoms with E-state index < -0.39 is 11.6 Å². The summed E-state index contributed by atoms with van der Waals surface area (Å²) in [7, 11) is 1.73. The predicted octanol–water partition coefficient (Wildman–Crippen LogP) is 2.77. The molecule has 0 radical (unpaired) electrons. The molecule has 2 N–H and O–H groups in total. The SMILES string of the molecule is CN=C(NCCCOCC1CCOC1)NC1CCN(c2ccc(F)cc2F)C1.I. The monoisotopic (exact) mass is 524 g/mol. The average Bonchev–Trinajstić information content (AvgIpc) is 3.35. The molecule has 2 saturated heterocycles. The van der Waals surface area contributed by atoms with Crippen molar-refractivity contribution in [2.75, 3.05) is 58.0 Å². The second kappa shape index (κ2) is 12.5. The van der Waals surface area contributed by atoms with E-state index in [0.717, 1.165) is 64.2 Å². The third kappa shape index (κ3) is 7.53. The third-order valence-corrected chi connectivity index (χ3v) is 5.14. The van der Waals surface area contributed by atoms with Gasteiger partial charge in [-0.1, -0.05) is 0 Å². The summed E-state index contributed by atoms with van der Waals surface area (Å²) in [6.07, 6.45) is 2.85. The van der Waals surface area contributed by atoms with Gasteiger partial charge in [-0.2, -0.15) is 0 Å². The molecule has 0 saturated carbocycles. The van der Waals surface area contributed by atoms with Gasteiger partial charge in [0.05, 0.1) is 18.9 Å². The van der Waals surface area contributed by atoms with Crippen LogP contribution < -0.4 is 15.5 Å². The second-order valence-corrected chi connectivity index (χ2v) is 7.33. The Balaban J connectivity index is 0.00000300. The van der Waals surface area contributed by atoms with Crippen molar-refractivity contribution >= 4 is 35.6 Å². The molecule has 2 atom stereocenters. The maximum absolute atomic E-state index is 14.0. The second-order valence-electron chi connectivity index (χ2n) is 7.33. The number of benzene rings is 1. The Morgan fingerprint density at radius 2 is 2.21 bits per heavy atom. The average molecular weight is 524 g/mol. The fraction of sp³-hybridized carbons (Fsp3) is 0.650. The quantitative estimate of drug-likeness (QED) is 0.237. The van der Waals surface area contributed by atoms with E-state index in [1.165, 1.54) is 12.1 Å². The molecule has 0 amide bonds. The normalized spacial score (nSPS) is 21.9. The summed E-state index contributed by atoms with van der Waals surface area (Å²) >= 11 is 0. The summed E-state index contributed by atoms with van der Waals surface area (Å²) < 4.78 is 38.1. The number of nitrogens with zero attached hydrogens (tertiary/aromatic N) is 2. The molecule has 2 heterocycles. The fourth-order valence-corrected chi connectivity index (χ4v) is 3.57. The molecule has 0 spiro atoms. The minimum absolute atomic E-state index is 0. The van der Waals surface area contributed by atoms with E-state index >= 15 is 0 Å². The molecule has 0 bridgehead atoms. The lowest BCUT2D eigenvalue weighted by atomic mass is 10.1. The lowest BCUT2D eigenvalue weighted by Crippen LogP contribution is -2.45. The van der Waals surface area contributed by atoms with Gasteiger partial charge < -0.3 is 25.0 Å². The number of guanidine groups is 1. The molecular formula is C20H31F2IN4O2. The molecule has 9 heteroatoms. The van der Waals surface area contributed by atoms with Crippen LogP contribution in [-0.2, 0) is 9.47 Å². The van der Waals surface area contributed by atoms with Gasteiger partial charge in [-0.3, -0.25) is 4.99 Å². The number of ether oxygens (including phenoxy) is 2. The molecule has 0 aromatic heterocycles. The van der Waals surface area contributed by atoms with Crippen LogP contribution in [0, 0.1) is 17.6 Å². The van der Waals surface area contributed by atoms with Gasteiger partial charge >= 0.3 is 0 Å². The van der Waals surface area contributed by atoms with Crippen LogP contribution in [0.1, 0.15) is 19.3 Å². The Hall–Kier alpha value is -1.20. The van der Waals surface area contributed by atoms with E-state index in [-0.39, 0.29) is 30.0 Å². The fourth-order valence-electron chi connectivity index (χ4n) is 3.57. The van der Waals surface area contributed by atoms with Crippen molar-refractivity contribution in [2.45, 2.75) is 25.3 Å². The molecule has 2 fully saturated rings. The highest BCUT2D eigenvalue weighted by atomic mass is 127. The Kier molecular flexibility index (Phi) is 10.4. The first-order valence-corrected chi connectivity index (χ1v) is 9.98. The van der Waals surface area contributed by atoms with Crippen molar-refractivity contribution in [2.24, 2.45) is 10.9 Å². The summed E-state index contributed by atoms with van der Waals surface area (Å²) in [5.41, 5.74) is 0.443. The third-order valence-electron chi connectivity index (χ3n) is 5.14. The van der Waals surface area contributed by atoms with E-state index in [1.54, 1.807) is 7.05 Å². The van der Waals surface area contributed by atoms with Crippen LogP contribution in [0.3, 0.4) is 0 Å². The Bertz CT molecular complexity index is 659. The van der Waals surface area contributed by atoms with Gasteiger partial charge in [0, 0.05) is 57.9 Å². The van der Waals surface area contributed by atoms with Crippen molar-refractivity contribution in [1.82, 2.24) is 10.6 Å². The van der Waals surface area contributed by atoms with Gasteiger partial charge in [0.1, 0.15) is 11.6 Å². The number of anilines is 1. The standard InChI is InChI=1S/C20H30F2N4O2.HI/c1-23-20(24-7-2-9-27-13-15-6-10-28-14-15)25-17-5-8-26(12-17)19-4-3-16(21)11-18(19)22;/h3-4,11,15,17H,2,5-10,12-14H2,1H3,(H2,23,24,25);1H. The molecule has 6 nitrogen and oxygen atoms in total. The summed E-state index contributed by atoms with van der Waals surface area (Å²) in [6, 6.07) is 3.88. The maximum atomic E-state index is 14.0. The van der Waals surface area contributed by atoms with Crippen LogP contribution in [-0.4, -0.2) is 65.1 Å². The first-order chi connectivity index (χ1) is 13.7. The minimum atomic E-state index is -0.555. The number of hydrogen-bond donors (Lipinski definition) is 2. The van der Waals surface area contributed by atoms with Gasteiger partial charge in [0.15, 0.2) is 5.96 Å². The molecule has 3 rings (SSSR count). The highest BCUT2D eigenvalue weighted by molar-refractivity contribution is 14.0. The van der Waals surface area contributed by atoms with E-state index in [4.69, 9.17) is 9.47 Å². The zero-order valence-corrected chi connectivity index (χ0v) is 19.2. The lowest BCUT2D eigenvalue weighted by molar-refractivity contribution is 0.0888. The van der Waals surface area contributed by atoms with Crippen LogP contribution in [0.15, 0.2) is 23.2 Å². The van der Waals surface area contributed by atoms with Gasteiger partial charge in [-0.05, 0) is 31.4 Å². The summed E-state index contributed by atoms with van der Waals surface area (Å²) in [5.74, 6) is 0.196. The maximum Gasteiger partial charge on any atom is 0.191 e. The molecule has 2 aliphatic heterocycles. The van der Waals surface area contributed by atoms with Gasteiger partial charge in [-0.25, -0.2) is 8.78 Å². The van der Waals surface area contributed by atoms with Crippen molar-refractivity contribution in [3.8, 4) is 0 Å². The molecule has 2 aliphatic rings. The molecule has 164 valence electrons. The van der Waals surface area contributed by atoms with Crippen molar-refractivity contribution < 1.29 is 18.3 Å². The predicted molar refractivity (Wildman–Crippen MR) is 121 cm³/mol. The summed E-state index contributed by atoms with van der Waals surface area (Å²) in [5, 5.41) is 6.67. The van der Waals surface area contributed by atoms with Crippen LogP contribution in [0.5, 0.6) is 0 Å². The van der Waals surface area contributed by atoms with Crippen molar-refractivity contribution in [1.29, 1.82) is 0 Å². The molecular weight excluding hydrogens is 493 g/mol. The Morgan fingerprint density at radius 3 is 2.93 bits per heavy atom. The smallest absolute Gasteiger partial charge is 0.191 e. The molecule has 29 heavy (non-hydrogen) atoms. The first-order valence-electron chi connectivity index (χ1n) is 9.98. The minimum Gasteiger partial charge on any atom is -0.381 e. The van der Waals surface area contributed by atoms with Gasteiger partial charge in [0.25, 0.3) is 0 Å². The van der Waals surface area contributed by atoms with E-state index in [0.29, 0.717) is 24.8 Å². The summed E-state index contributed by atoms with van der Waals surface area (Å²) in [4.78, 5) is 6.19. The van der Waals surface area contributed by atoms with Crippen LogP contribution in [0.4, 0.5) is 14.5 Å². The topological polar surface area (TPSA) is 58.1 Å². The number of rotatable bonds is 8. The van der Waals surface area contributed by atoms with Crippen molar-refractivity contribution in [3.05, 3.63) is 29.8 Å². The van der Waals surface area contributed by atoms with Crippen molar-refractivity contribution in [3.63, 3.8) is 0 Å². The highest BCUT2D eigenvalue weighted by Gasteiger charge is 2.25. The molecule has 0 aliphatic carbocycles. The zero-order chi connectivity index (χ0) is 19.8. The lowest BCUT2D eigenvalue weighted by Gasteiger charge is -2.21. The molecule has 1 aromatic rings. The zero-order valence-electron chi connectivity index (χ0n) is 16.8. The Morgan fingerprint density at radius 1 is 1.34 bits per heavy atom. The van der Waals surface area contributed by atoms with Crippen LogP contribution >= 0.6 is 24.0 Å². The highest BCUT2D eigenvalue weighted by Crippen LogP contribution is 2.24. The molecule has 2 unspecified atom stereocenters.